The molecule has 3 rings (SSSR count). The molecule has 0 spiro atoms. The fraction of sp³-hybridized carbons (Fsp3) is 0.545. The average molecular weight is 264 g/mol. The van der Waals surface area contributed by atoms with E-state index in [0.29, 0.717) is 22.9 Å². The Bertz CT molecular complexity index is 598. The molecule has 0 unspecified atom stereocenters. The van der Waals surface area contributed by atoms with Gasteiger partial charge in [0, 0.05) is 7.05 Å². The van der Waals surface area contributed by atoms with Crippen molar-refractivity contribution in [3.8, 4) is 0 Å². The molecule has 1 saturated heterocycles. The maximum Gasteiger partial charge on any atom is 0.226 e. The number of aliphatic hydroxyl groups excluding tert-OH is 1. The lowest BCUT2D eigenvalue weighted by Crippen LogP contribution is -2.14. The maximum absolute atomic E-state index is 9.12. The van der Waals surface area contributed by atoms with Gasteiger partial charge in [-0.1, -0.05) is 0 Å². The van der Waals surface area contributed by atoms with E-state index in [1.54, 1.807) is 13.4 Å². The summed E-state index contributed by atoms with van der Waals surface area (Å²) in [6.07, 6.45) is 3.00. The fourth-order valence-electron chi connectivity index (χ4n) is 2.29. The lowest BCUT2D eigenvalue weighted by atomic mass is 10.2. The molecule has 2 atom stereocenters. The van der Waals surface area contributed by atoms with Crippen molar-refractivity contribution in [1.82, 2.24) is 19.5 Å². The Morgan fingerprint density at radius 3 is 3.05 bits per heavy atom. The van der Waals surface area contributed by atoms with Crippen LogP contribution in [0.4, 0.5) is 11.8 Å². The van der Waals surface area contributed by atoms with Crippen molar-refractivity contribution in [3.05, 3.63) is 6.33 Å². The highest BCUT2D eigenvalue weighted by atomic mass is 16.5. The van der Waals surface area contributed by atoms with Gasteiger partial charge in [0.1, 0.15) is 11.7 Å². The zero-order valence-corrected chi connectivity index (χ0v) is 10.6. The van der Waals surface area contributed by atoms with E-state index in [1.165, 1.54) is 0 Å². The lowest BCUT2D eigenvalue weighted by molar-refractivity contribution is -0.0207. The van der Waals surface area contributed by atoms with E-state index in [4.69, 9.17) is 15.6 Å². The van der Waals surface area contributed by atoms with Gasteiger partial charge < -0.3 is 20.9 Å². The Hall–Kier alpha value is -1.93. The first-order chi connectivity index (χ1) is 9.22. The van der Waals surface area contributed by atoms with Crippen LogP contribution in [0.25, 0.3) is 11.2 Å². The first-order valence-electron chi connectivity index (χ1n) is 6.17. The van der Waals surface area contributed by atoms with Crippen LogP contribution < -0.4 is 11.1 Å². The summed E-state index contributed by atoms with van der Waals surface area (Å²) in [5, 5.41) is 12.0. The lowest BCUT2D eigenvalue weighted by Gasteiger charge is -2.14. The molecule has 2 aromatic rings. The fourth-order valence-corrected chi connectivity index (χ4v) is 2.29. The number of anilines is 2. The third-order valence-electron chi connectivity index (χ3n) is 3.27. The van der Waals surface area contributed by atoms with Gasteiger partial charge in [-0.3, -0.25) is 4.57 Å². The number of hydrogen-bond donors (Lipinski definition) is 3. The molecule has 0 aliphatic carbocycles. The van der Waals surface area contributed by atoms with Gasteiger partial charge in [0.15, 0.2) is 11.5 Å². The molecule has 0 aromatic carbocycles. The monoisotopic (exact) mass is 264 g/mol. The number of aliphatic hydroxyl groups is 1. The zero-order chi connectivity index (χ0) is 13.4. The van der Waals surface area contributed by atoms with Gasteiger partial charge in [0.2, 0.25) is 5.95 Å². The summed E-state index contributed by atoms with van der Waals surface area (Å²) in [6, 6.07) is 0. The van der Waals surface area contributed by atoms with Crippen molar-refractivity contribution in [2.24, 2.45) is 0 Å². The summed E-state index contributed by atoms with van der Waals surface area (Å²) in [6.45, 7) is 0.0298. The van der Waals surface area contributed by atoms with E-state index in [1.807, 2.05) is 4.57 Å². The maximum atomic E-state index is 9.12. The van der Waals surface area contributed by atoms with Gasteiger partial charge in [-0.05, 0) is 12.8 Å². The molecule has 1 fully saturated rings. The SMILES string of the molecule is CNc1nc(N)c2ncn([C@H]3CC[C@@H](CO)O3)c2n1. The number of aromatic nitrogens is 4. The summed E-state index contributed by atoms with van der Waals surface area (Å²) in [7, 11) is 1.73. The second kappa shape index (κ2) is 4.63. The minimum atomic E-state index is -0.166. The third kappa shape index (κ3) is 1.98. The molecule has 0 saturated carbocycles. The second-order valence-corrected chi connectivity index (χ2v) is 4.48. The largest absolute Gasteiger partial charge is 0.394 e. The summed E-state index contributed by atoms with van der Waals surface area (Å²) in [4.78, 5) is 12.7. The van der Waals surface area contributed by atoms with Gasteiger partial charge in [-0.15, -0.1) is 0 Å². The summed E-state index contributed by atoms with van der Waals surface area (Å²) in [5.74, 6) is 0.785. The normalized spacial score (nSPS) is 23.1. The summed E-state index contributed by atoms with van der Waals surface area (Å²) < 4.78 is 7.56. The average Bonchev–Trinajstić information content (AvgIpc) is 3.04. The van der Waals surface area contributed by atoms with Crippen molar-refractivity contribution < 1.29 is 9.84 Å². The van der Waals surface area contributed by atoms with E-state index in [-0.39, 0.29) is 18.9 Å². The molecule has 3 heterocycles. The van der Waals surface area contributed by atoms with Gasteiger partial charge in [0.25, 0.3) is 0 Å². The predicted molar refractivity (Wildman–Crippen MR) is 69.5 cm³/mol. The Labute approximate surface area is 109 Å². The highest BCUT2D eigenvalue weighted by Crippen LogP contribution is 2.31. The molecule has 2 aromatic heterocycles. The quantitative estimate of drug-likeness (QED) is 0.722. The van der Waals surface area contributed by atoms with E-state index in [2.05, 4.69) is 20.3 Å². The number of nitrogens with one attached hydrogen (secondary N) is 1. The number of hydrogen-bond acceptors (Lipinski definition) is 7. The molecule has 19 heavy (non-hydrogen) atoms. The van der Waals surface area contributed by atoms with Crippen LogP contribution in [-0.2, 0) is 4.74 Å². The Kier molecular flexibility index (Phi) is 2.96. The number of ether oxygens (including phenoxy) is 1. The highest BCUT2D eigenvalue weighted by molar-refractivity contribution is 5.82. The molecule has 0 radical (unpaired) electrons. The standard InChI is InChI=1S/C11H16N6O2/c1-13-11-15-9(12)8-10(16-11)17(5-14-8)7-3-2-6(4-18)19-7/h5-7,18H,2-4H2,1H3,(H3,12,13,15,16)/t6-,7+/m0/s1. The van der Waals surface area contributed by atoms with Crippen LogP contribution in [0.5, 0.6) is 0 Å². The molecule has 0 bridgehead atoms. The smallest absolute Gasteiger partial charge is 0.226 e. The van der Waals surface area contributed by atoms with E-state index < -0.39 is 0 Å². The van der Waals surface area contributed by atoms with E-state index >= 15 is 0 Å². The molecule has 1 aliphatic rings. The van der Waals surface area contributed by atoms with Gasteiger partial charge in [-0.25, -0.2) is 4.98 Å². The van der Waals surface area contributed by atoms with Crippen LogP contribution in [-0.4, -0.2) is 44.4 Å². The first-order valence-corrected chi connectivity index (χ1v) is 6.17. The van der Waals surface area contributed by atoms with Crippen LogP contribution >= 0.6 is 0 Å². The molecule has 8 heteroatoms. The third-order valence-corrected chi connectivity index (χ3v) is 3.27. The molecular formula is C11H16N6O2. The van der Waals surface area contributed by atoms with Crippen molar-refractivity contribution in [3.63, 3.8) is 0 Å². The first kappa shape index (κ1) is 12.1. The number of fused-ring (bicyclic) bond motifs is 1. The Balaban J connectivity index is 2.02. The predicted octanol–water partition coefficient (Wildman–Crippen LogP) is 0.120. The highest BCUT2D eigenvalue weighted by Gasteiger charge is 2.27. The summed E-state index contributed by atoms with van der Waals surface area (Å²) in [5.41, 5.74) is 7.05. The van der Waals surface area contributed by atoms with Crippen LogP contribution in [0.2, 0.25) is 0 Å². The van der Waals surface area contributed by atoms with Crippen LogP contribution in [0.1, 0.15) is 19.1 Å². The number of rotatable bonds is 3. The van der Waals surface area contributed by atoms with E-state index in [9.17, 15) is 0 Å². The van der Waals surface area contributed by atoms with Crippen LogP contribution in [0, 0.1) is 0 Å². The topological polar surface area (TPSA) is 111 Å². The Morgan fingerprint density at radius 1 is 1.53 bits per heavy atom. The zero-order valence-electron chi connectivity index (χ0n) is 10.6. The van der Waals surface area contributed by atoms with Crippen LogP contribution in [0.3, 0.4) is 0 Å². The number of nitrogens with two attached hydrogens (primary N) is 1. The van der Waals surface area contributed by atoms with Gasteiger partial charge in [-0.2, -0.15) is 9.97 Å². The minimum Gasteiger partial charge on any atom is -0.394 e. The molecular weight excluding hydrogens is 248 g/mol. The van der Waals surface area contributed by atoms with Crippen molar-refractivity contribution in [2.45, 2.75) is 25.2 Å². The van der Waals surface area contributed by atoms with Gasteiger partial charge >= 0.3 is 0 Å². The number of nitrogen functional groups attached to an aromatic ring is 1. The molecule has 8 nitrogen and oxygen atoms in total. The molecule has 4 N–H and O–H groups in total. The van der Waals surface area contributed by atoms with Crippen LogP contribution in [0.15, 0.2) is 6.33 Å². The molecule has 0 amide bonds. The van der Waals surface area contributed by atoms with Gasteiger partial charge in [0.05, 0.1) is 19.0 Å². The Morgan fingerprint density at radius 2 is 2.37 bits per heavy atom. The van der Waals surface area contributed by atoms with Crippen molar-refractivity contribution >= 4 is 22.9 Å². The minimum absolute atomic E-state index is 0.0298. The second-order valence-electron chi connectivity index (χ2n) is 4.48. The number of imidazole rings is 1. The summed E-state index contributed by atoms with van der Waals surface area (Å²) >= 11 is 0. The van der Waals surface area contributed by atoms with E-state index in [0.717, 1.165) is 12.8 Å². The van der Waals surface area contributed by atoms with Crippen molar-refractivity contribution in [1.29, 1.82) is 0 Å². The molecule has 1 aliphatic heterocycles. The van der Waals surface area contributed by atoms with Crippen molar-refractivity contribution in [2.75, 3.05) is 24.7 Å². The number of nitrogens with zero attached hydrogens (tertiary/aromatic N) is 4. The molecule has 102 valence electrons.